The fraction of sp³-hybridized carbons (Fsp3) is 0.600. The molecule has 2 unspecified atom stereocenters. The number of rotatable bonds is 4. The van der Waals surface area contributed by atoms with Crippen LogP contribution in [0.1, 0.15) is 39.5 Å². The zero-order valence-corrected chi connectivity index (χ0v) is 15.6. The Hall–Kier alpha value is -1.92. The number of ether oxygens (including phenoxy) is 1. The van der Waals surface area contributed by atoms with Crippen LogP contribution in [0, 0.1) is 0 Å². The highest BCUT2D eigenvalue weighted by Gasteiger charge is 2.41. The van der Waals surface area contributed by atoms with Crippen LogP contribution in [0.25, 0.3) is 10.9 Å². The summed E-state index contributed by atoms with van der Waals surface area (Å²) in [5.41, 5.74) is 0.850. The SMILES string of the molecule is CCC(CC)N1C2COCC1CC(NC(=O)n1ncc3ccccc31)C2. The van der Waals surface area contributed by atoms with Gasteiger partial charge in [0.15, 0.2) is 0 Å². The first kappa shape index (κ1) is 17.5. The number of morpholine rings is 1. The zero-order chi connectivity index (χ0) is 18.1. The zero-order valence-electron chi connectivity index (χ0n) is 15.6. The number of hydrogen-bond donors (Lipinski definition) is 1. The van der Waals surface area contributed by atoms with Crippen molar-refractivity contribution in [1.29, 1.82) is 0 Å². The molecule has 2 aliphatic heterocycles. The van der Waals surface area contributed by atoms with Crippen LogP contribution in [0.4, 0.5) is 4.79 Å². The molecule has 4 rings (SSSR count). The van der Waals surface area contributed by atoms with Crippen molar-refractivity contribution in [2.24, 2.45) is 0 Å². The van der Waals surface area contributed by atoms with Gasteiger partial charge in [-0.25, -0.2) is 4.79 Å². The van der Waals surface area contributed by atoms with Crippen molar-refractivity contribution in [3.05, 3.63) is 30.5 Å². The monoisotopic (exact) mass is 356 g/mol. The molecular formula is C20H28N4O2. The Kier molecular flexibility index (Phi) is 4.96. The van der Waals surface area contributed by atoms with Crippen LogP contribution in [0.5, 0.6) is 0 Å². The van der Waals surface area contributed by atoms with Gasteiger partial charge in [0.05, 0.1) is 24.9 Å². The number of fused-ring (bicyclic) bond motifs is 3. The lowest BCUT2D eigenvalue weighted by Gasteiger charge is -2.51. The first-order valence-electron chi connectivity index (χ1n) is 9.80. The summed E-state index contributed by atoms with van der Waals surface area (Å²) in [5, 5.41) is 8.47. The Labute approximate surface area is 154 Å². The van der Waals surface area contributed by atoms with E-state index < -0.39 is 0 Å². The number of nitrogens with one attached hydrogen (secondary N) is 1. The summed E-state index contributed by atoms with van der Waals surface area (Å²) < 4.78 is 7.30. The van der Waals surface area contributed by atoms with Gasteiger partial charge in [0.25, 0.3) is 0 Å². The molecule has 1 aromatic heterocycles. The normalized spacial score (nSPS) is 26.3. The van der Waals surface area contributed by atoms with Crippen LogP contribution in [-0.2, 0) is 4.74 Å². The minimum atomic E-state index is -0.133. The molecule has 2 atom stereocenters. The highest BCUT2D eigenvalue weighted by molar-refractivity contribution is 5.89. The topological polar surface area (TPSA) is 59.4 Å². The van der Waals surface area contributed by atoms with Crippen LogP contribution < -0.4 is 5.32 Å². The fourth-order valence-corrected chi connectivity index (χ4v) is 4.74. The number of nitrogens with zero attached hydrogens (tertiary/aromatic N) is 3. The maximum Gasteiger partial charge on any atom is 0.342 e. The molecule has 1 amide bonds. The van der Waals surface area contributed by atoms with Gasteiger partial charge in [0, 0.05) is 29.6 Å². The van der Waals surface area contributed by atoms with E-state index in [-0.39, 0.29) is 12.1 Å². The van der Waals surface area contributed by atoms with Crippen molar-refractivity contribution < 1.29 is 9.53 Å². The predicted octanol–water partition coefficient (Wildman–Crippen LogP) is 3.01. The third-order valence-electron chi connectivity index (χ3n) is 5.94. The Morgan fingerprint density at radius 2 is 1.92 bits per heavy atom. The molecule has 3 heterocycles. The Morgan fingerprint density at radius 3 is 2.62 bits per heavy atom. The van der Waals surface area contributed by atoms with Crippen molar-refractivity contribution in [1.82, 2.24) is 20.0 Å². The summed E-state index contributed by atoms with van der Waals surface area (Å²) in [6.45, 7) is 6.07. The van der Waals surface area contributed by atoms with Gasteiger partial charge in [-0.1, -0.05) is 32.0 Å². The number of carbonyl (C=O) groups excluding carboxylic acids is 1. The first-order chi connectivity index (χ1) is 12.7. The molecule has 1 aromatic carbocycles. The van der Waals surface area contributed by atoms with Gasteiger partial charge in [-0.15, -0.1) is 0 Å². The molecule has 6 nitrogen and oxygen atoms in total. The third-order valence-corrected chi connectivity index (χ3v) is 5.94. The van der Waals surface area contributed by atoms with E-state index in [0.717, 1.165) is 37.0 Å². The van der Waals surface area contributed by atoms with Crippen molar-refractivity contribution in [3.63, 3.8) is 0 Å². The second-order valence-corrected chi connectivity index (χ2v) is 7.50. The lowest BCUT2D eigenvalue weighted by molar-refractivity contribution is -0.101. The lowest BCUT2D eigenvalue weighted by Crippen LogP contribution is -2.63. The molecule has 2 aromatic rings. The van der Waals surface area contributed by atoms with E-state index in [0.29, 0.717) is 18.1 Å². The van der Waals surface area contributed by atoms with E-state index in [1.165, 1.54) is 17.5 Å². The van der Waals surface area contributed by atoms with Gasteiger partial charge in [-0.2, -0.15) is 9.78 Å². The molecule has 1 N–H and O–H groups in total. The van der Waals surface area contributed by atoms with E-state index in [2.05, 4.69) is 29.2 Å². The van der Waals surface area contributed by atoms with Crippen LogP contribution in [0.2, 0.25) is 0 Å². The molecule has 140 valence electrons. The Bertz CT molecular complexity index is 756. The second-order valence-electron chi connectivity index (χ2n) is 7.50. The molecule has 2 saturated heterocycles. The number of hydrogen-bond acceptors (Lipinski definition) is 4. The quantitative estimate of drug-likeness (QED) is 0.915. The number of carbonyl (C=O) groups is 1. The average molecular weight is 356 g/mol. The van der Waals surface area contributed by atoms with E-state index >= 15 is 0 Å². The average Bonchev–Trinajstić information content (AvgIpc) is 3.07. The summed E-state index contributed by atoms with van der Waals surface area (Å²) in [5.74, 6) is 0. The molecule has 6 heteroatoms. The molecule has 0 radical (unpaired) electrons. The van der Waals surface area contributed by atoms with Crippen LogP contribution >= 0.6 is 0 Å². The van der Waals surface area contributed by atoms with E-state index in [9.17, 15) is 4.79 Å². The highest BCUT2D eigenvalue weighted by Crippen LogP contribution is 2.31. The summed E-state index contributed by atoms with van der Waals surface area (Å²) in [6, 6.07) is 9.24. The molecular weight excluding hydrogens is 328 g/mol. The third kappa shape index (κ3) is 3.12. The summed E-state index contributed by atoms with van der Waals surface area (Å²) in [4.78, 5) is 15.4. The van der Waals surface area contributed by atoms with Crippen LogP contribution in [0.3, 0.4) is 0 Å². The van der Waals surface area contributed by atoms with Crippen molar-refractivity contribution >= 4 is 16.9 Å². The molecule has 0 spiro atoms. The standard InChI is InChI=1S/C20H28N4O2/c1-3-16(4-2)23-17-9-15(10-18(23)13-26-12-17)22-20(25)24-19-8-6-5-7-14(19)11-21-24/h5-8,11,15-18H,3-4,9-10,12-13H2,1-2H3,(H,22,25). The number of aromatic nitrogens is 2. The van der Waals surface area contributed by atoms with E-state index in [4.69, 9.17) is 4.74 Å². The van der Waals surface area contributed by atoms with E-state index in [1.54, 1.807) is 6.20 Å². The highest BCUT2D eigenvalue weighted by atomic mass is 16.5. The first-order valence-corrected chi connectivity index (χ1v) is 9.80. The summed E-state index contributed by atoms with van der Waals surface area (Å²) >= 11 is 0. The summed E-state index contributed by atoms with van der Waals surface area (Å²) in [6.07, 6.45) is 5.96. The maximum absolute atomic E-state index is 12.8. The molecule has 2 aliphatic rings. The lowest BCUT2D eigenvalue weighted by atomic mass is 9.87. The predicted molar refractivity (Wildman–Crippen MR) is 101 cm³/mol. The minimum Gasteiger partial charge on any atom is -0.378 e. The van der Waals surface area contributed by atoms with Crippen molar-refractivity contribution in [3.8, 4) is 0 Å². The molecule has 2 bridgehead atoms. The Balaban J connectivity index is 1.47. The number of amides is 1. The van der Waals surface area contributed by atoms with Gasteiger partial charge in [-0.3, -0.25) is 4.90 Å². The number of piperidine rings is 1. The minimum absolute atomic E-state index is 0.133. The molecule has 0 saturated carbocycles. The molecule has 0 aliphatic carbocycles. The molecule has 26 heavy (non-hydrogen) atoms. The number of benzene rings is 1. The summed E-state index contributed by atoms with van der Waals surface area (Å²) in [7, 11) is 0. The van der Waals surface area contributed by atoms with Crippen LogP contribution in [0.15, 0.2) is 30.5 Å². The fourth-order valence-electron chi connectivity index (χ4n) is 4.74. The van der Waals surface area contributed by atoms with Gasteiger partial charge in [-0.05, 0) is 31.7 Å². The van der Waals surface area contributed by atoms with Gasteiger partial charge in [0.2, 0.25) is 0 Å². The largest absolute Gasteiger partial charge is 0.378 e. The van der Waals surface area contributed by atoms with Crippen molar-refractivity contribution in [2.75, 3.05) is 13.2 Å². The van der Waals surface area contributed by atoms with Gasteiger partial charge < -0.3 is 10.1 Å². The van der Waals surface area contributed by atoms with Gasteiger partial charge in [0.1, 0.15) is 0 Å². The number of para-hydroxylation sites is 1. The van der Waals surface area contributed by atoms with E-state index in [1.807, 2.05) is 24.3 Å². The Morgan fingerprint density at radius 1 is 1.23 bits per heavy atom. The van der Waals surface area contributed by atoms with Gasteiger partial charge >= 0.3 is 6.03 Å². The second kappa shape index (κ2) is 7.37. The van der Waals surface area contributed by atoms with Crippen LogP contribution in [-0.4, -0.2) is 58.1 Å². The van der Waals surface area contributed by atoms with Crippen molar-refractivity contribution in [2.45, 2.75) is 63.7 Å². The maximum atomic E-state index is 12.8. The molecule has 2 fully saturated rings. The smallest absolute Gasteiger partial charge is 0.342 e.